The average molecular weight is 219 g/mol. The molecule has 1 aliphatic heterocycles. The molecule has 0 N–H and O–H groups in total. The third kappa shape index (κ3) is 1.52. The molecule has 1 aromatic carbocycles. The predicted molar refractivity (Wildman–Crippen MR) is 61.1 cm³/mol. The molecule has 2 aromatic rings. The van der Waals surface area contributed by atoms with Crippen LogP contribution in [-0.2, 0) is 12.8 Å². The lowest BCUT2D eigenvalue weighted by atomic mass is 10.1. The molecule has 0 atom stereocenters. The van der Waals surface area contributed by atoms with Gasteiger partial charge in [0, 0.05) is 36.5 Å². The lowest BCUT2D eigenvalue weighted by molar-refractivity contribution is 0.346. The minimum Gasteiger partial charge on any atom is -0.461 e. The van der Waals surface area contributed by atoms with Gasteiger partial charge in [0.25, 0.3) is 0 Å². The molecule has 0 radical (unpaired) electrons. The Kier molecular flexibility index (Phi) is 2.21. The van der Waals surface area contributed by atoms with E-state index in [1.165, 1.54) is 17.7 Å². The molecule has 0 bridgehead atoms. The van der Waals surface area contributed by atoms with Crippen molar-refractivity contribution < 1.29 is 8.81 Å². The fourth-order valence-electron chi connectivity index (χ4n) is 2.36. The molecule has 84 valence electrons. The molecule has 0 saturated carbocycles. The number of halogens is 1. The molecule has 0 saturated heterocycles. The van der Waals surface area contributed by atoms with Gasteiger partial charge in [0.2, 0.25) is 0 Å². The van der Waals surface area contributed by atoms with Gasteiger partial charge >= 0.3 is 0 Å². The third-order valence-corrected chi connectivity index (χ3v) is 3.30. The summed E-state index contributed by atoms with van der Waals surface area (Å²) in [4.78, 5) is 2.30. The zero-order valence-electron chi connectivity index (χ0n) is 9.29. The maximum Gasteiger partial charge on any atom is 0.137 e. The predicted octanol–water partition coefficient (Wildman–Crippen LogP) is 2.60. The van der Waals surface area contributed by atoms with E-state index in [1.54, 1.807) is 0 Å². The Hall–Kier alpha value is -1.35. The van der Waals surface area contributed by atoms with E-state index in [1.807, 2.05) is 6.07 Å². The Morgan fingerprint density at radius 2 is 2.06 bits per heavy atom. The Morgan fingerprint density at radius 3 is 2.94 bits per heavy atom. The van der Waals surface area contributed by atoms with E-state index in [9.17, 15) is 4.39 Å². The van der Waals surface area contributed by atoms with Crippen LogP contribution in [0, 0.1) is 5.82 Å². The number of nitrogens with zero attached hydrogens (tertiary/aromatic N) is 1. The van der Waals surface area contributed by atoms with Crippen molar-refractivity contribution in [3.63, 3.8) is 0 Å². The lowest BCUT2D eigenvalue weighted by Gasteiger charge is -2.11. The smallest absolute Gasteiger partial charge is 0.137 e. The number of likely N-dealkylation sites (N-methyl/N-ethyl adjacent to an activating group) is 1. The fourth-order valence-corrected chi connectivity index (χ4v) is 2.36. The van der Waals surface area contributed by atoms with E-state index >= 15 is 0 Å². The Balaban J connectivity index is 2.15. The minimum absolute atomic E-state index is 0.228. The SMILES string of the molecule is CN1CCc2oc3cc(F)ccc3c2CC1. The van der Waals surface area contributed by atoms with Crippen molar-refractivity contribution in [2.24, 2.45) is 0 Å². The highest BCUT2D eigenvalue weighted by Gasteiger charge is 2.18. The van der Waals surface area contributed by atoms with E-state index < -0.39 is 0 Å². The van der Waals surface area contributed by atoms with Crippen LogP contribution in [0.25, 0.3) is 11.0 Å². The van der Waals surface area contributed by atoms with Gasteiger partial charge in [-0.2, -0.15) is 0 Å². The van der Waals surface area contributed by atoms with Crippen LogP contribution in [0.15, 0.2) is 22.6 Å². The summed E-state index contributed by atoms with van der Waals surface area (Å²) < 4.78 is 18.8. The van der Waals surface area contributed by atoms with Crippen molar-refractivity contribution in [2.75, 3.05) is 20.1 Å². The van der Waals surface area contributed by atoms with E-state index in [0.717, 1.165) is 37.1 Å². The highest BCUT2D eigenvalue weighted by atomic mass is 19.1. The number of benzene rings is 1. The number of hydrogen-bond acceptors (Lipinski definition) is 2. The van der Waals surface area contributed by atoms with Crippen LogP contribution < -0.4 is 0 Å². The summed E-state index contributed by atoms with van der Waals surface area (Å²) in [6.45, 7) is 2.05. The van der Waals surface area contributed by atoms with E-state index in [2.05, 4.69) is 11.9 Å². The molecule has 0 spiro atoms. The van der Waals surface area contributed by atoms with Crippen LogP contribution >= 0.6 is 0 Å². The second kappa shape index (κ2) is 3.59. The van der Waals surface area contributed by atoms with Crippen LogP contribution in [0.3, 0.4) is 0 Å². The molecule has 0 aliphatic carbocycles. The number of furan rings is 1. The van der Waals surface area contributed by atoms with Crippen molar-refractivity contribution >= 4 is 11.0 Å². The average Bonchev–Trinajstić information content (AvgIpc) is 2.50. The number of rotatable bonds is 0. The van der Waals surface area contributed by atoms with Gasteiger partial charge in [-0.3, -0.25) is 0 Å². The Morgan fingerprint density at radius 1 is 1.25 bits per heavy atom. The molecule has 0 fully saturated rings. The highest BCUT2D eigenvalue weighted by molar-refractivity contribution is 5.82. The van der Waals surface area contributed by atoms with Crippen molar-refractivity contribution in [1.82, 2.24) is 4.90 Å². The Labute approximate surface area is 93.7 Å². The summed E-state index contributed by atoms with van der Waals surface area (Å²) in [5, 5.41) is 1.08. The van der Waals surface area contributed by atoms with Gasteiger partial charge in [-0.05, 0) is 25.6 Å². The molecule has 3 heteroatoms. The molecular formula is C13H14FNO. The first kappa shape index (κ1) is 9.85. The van der Waals surface area contributed by atoms with Gasteiger partial charge in [-0.25, -0.2) is 4.39 Å². The third-order valence-electron chi connectivity index (χ3n) is 3.30. The normalized spacial score (nSPS) is 17.4. The molecular weight excluding hydrogens is 205 g/mol. The van der Waals surface area contributed by atoms with Crippen LogP contribution in [0.5, 0.6) is 0 Å². The van der Waals surface area contributed by atoms with Crippen LogP contribution in [0.2, 0.25) is 0 Å². The first-order chi connectivity index (χ1) is 7.74. The van der Waals surface area contributed by atoms with Crippen LogP contribution in [0.1, 0.15) is 11.3 Å². The minimum atomic E-state index is -0.228. The summed E-state index contributed by atoms with van der Waals surface area (Å²) in [6.07, 6.45) is 1.91. The van der Waals surface area contributed by atoms with E-state index in [4.69, 9.17) is 4.42 Å². The second-order valence-corrected chi connectivity index (χ2v) is 4.45. The monoisotopic (exact) mass is 219 g/mol. The molecule has 2 nitrogen and oxygen atoms in total. The highest BCUT2D eigenvalue weighted by Crippen LogP contribution is 2.29. The van der Waals surface area contributed by atoms with E-state index in [-0.39, 0.29) is 5.82 Å². The van der Waals surface area contributed by atoms with Gasteiger partial charge in [0.05, 0.1) is 0 Å². The largest absolute Gasteiger partial charge is 0.461 e. The van der Waals surface area contributed by atoms with E-state index in [0.29, 0.717) is 5.58 Å². The van der Waals surface area contributed by atoms with Crippen molar-refractivity contribution in [3.05, 3.63) is 35.3 Å². The molecule has 2 heterocycles. The lowest BCUT2D eigenvalue weighted by Crippen LogP contribution is -2.20. The van der Waals surface area contributed by atoms with Gasteiger partial charge in [-0.1, -0.05) is 0 Å². The standard InChI is InChI=1S/C13H14FNO/c1-15-6-4-11-10-3-2-9(14)8-13(10)16-12(11)5-7-15/h2-3,8H,4-7H2,1H3. The van der Waals surface area contributed by atoms with Gasteiger partial charge in [0.15, 0.2) is 0 Å². The van der Waals surface area contributed by atoms with Crippen LogP contribution in [0.4, 0.5) is 4.39 Å². The molecule has 0 unspecified atom stereocenters. The summed E-state index contributed by atoms with van der Waals surface area (Å²) in [5.41, 5.74) is 1.95. The molecule has 1 aliphatic rings. The fraction of sp³-hybridized carbons (Fsp3) is 0.385. The molecule has 3 rings (SSSR count). The molecule has 16 heavy (non-hydrogen) atoms. The first-order valence-corrected chi connectivity index (χ1v) is 5.62. The molecule has 0 amide bonds. The number of fused-ring (bicyclic) bond motifs is 3. The number of hydrogen-bond donors (Lipinski definition) is 0. The first-order valence-electron chi connectivity index (χ1n) is 5.62. The Bertz CT molecular complexity index is 532. The summed E-state index contributed by atoms with van der Waals surface area (Å²) in [6, 6.07) is 4.82. The van der Waals surface area contributed by atoms with Crippen molar-refractivity contribution in [1.29, 1.82) is 0 Å². The maximum absolute atomic E-state index is 13.1. The van der Waals surface area contributed by atoms with Gasteiger partial charge in [-0.15, -0.1) is 0 Å². The summed E-state index contributed by atoms with van der Waals surface area (Å²) in [5.74, 6) is 0.804. The molecule has 1 aromatic heterocycles. The van der Waals surface area contributed by atoms with Crippen LogP contribution in [-0.4, -0.2) is 25.0 Å². The second-order valence-electron chi connectivity index (χ2n) is 4.45. The zero-order chi connectivity index (χ0) is 11.1. The summed E-state index contributed by atoms with van der Waals surface area (Å²) >= 11 is 0. The van der Waals surface area contributed by atoms with Crippen molar-refractivity contribution in [2.45, 2.75) is 12.8 Å². The zero-order valence-corrected chi connectivity index (χ0v) is 9.29. The van der Waals surface area contributed by atoms with Gasteiger partial charge < -0.3 is 9.32 Å². The topological polar surface area (TPSA) is 16.4 Å². The quantitative estimate of drug-likeness (QED) is 0.677. The van der Waals surface area contributed by atoms with Gasteiger partial charge in [0.1, 0.15) is 17.2 Å². The maximum atomic E-state index is 13.1. The summed E-state index contributed by atoms with van der Waals surface area (Å²) in [7, 11) is 2.12. The van der Waals surface area contributed by atoms with Crippen molar-refractivity contribution in [3.8, 4) is 0 Å².